The Morgan fingerprint density at radius 2 is 2.46 bits per heavy atom. The largest absolute Gasteiger partial charge is 0.364 e. The van der Waals surface area contributed by atoms with Crippen LogP contribution in [0.25, 0.3) is 0 Å². The van der Waals surface area contributed by atoms with Crippen molar-refractivity contribution >= 4 is 6.03 Å². The zero-order valence-electron chi connectivity index (χ0n) is 7.54. The van der Waals surface area contributed by atoms with Gasteiger partial charge in [0.15, 0.2) is 0 Å². The third kappa shape index (κ3) is 3.59. The van der Waals surface area contributed by atoms with Crippen molar-refractivity contribution in [2.24, 2.45) is 0 Å². The van der Waals surface area contributed by atoms with Crippen molar-refractivity contribution in [2.75, 3.05) is 6.54 Å². The summed E-state index contributed by atoms with van der Waals surface area (Å²) in [6.07, 6.45) is 2.40. The van der Waals surface area contributed by atoms with Gasteiger partial charge in [-0.2, -0.15) is 0 Å². The van der Waals surface area contributed by atoms with Crippen molar-refractivity contribution in [3.63, 3.8) is 0 Å². The molecule has 0 unspecified atom stereocenters. The van der Waals surface area contributed by atoms with Crippen molar-refractivity contribution in [3.05, 3.63) is 18.0 Å². The average molecular weight is 183 g/mol. The Labute approximate surface area is 76.5 Å². The molecule has 72 valence electrons. The third-order valence-corrected chi connectivity index (χ3v) is 1.46. The lowest BCUT2D eigenvalue weighted by Crippen LogP contribution is -2.35. The molecule has 1 heterocycles. The molecule has 2 N–H and O–H groups in total. The molecule has 5 nitrogen and oxygen atoms in total. The zero-order valence-corrected chi connectivity index (χ0v) is 7.54. The molecule has 1 rings (SSSR count). The first-order valence-corrected chi connectivity index (χ1v) is 4.24. The van der Waals surface area contributed by atoms with Gasteiger partial charge in [0.2, 0.25) is 0 Å². The number of hydrogen-bond acceptors (Lipinski definition) is 3. The Balaban J connectivity index is 2.15. The van der Waals surface area contributed by atoms with E-state index in [1.54, 1.807) is 6.07 Å². The molecule has 0 fully saturated rings. The van der Waals surface area contributed by atoms with Crippen molar-refractivity contribution < 1.29 is 9.32 Å². The maximum Gasteiger partial charge on any atom is 0.315 e. The molecule has 0 aliphatic rings. The van der Waals surface area contributed by atoms with Crippen LogP contribution in [0.5, 0.6) is 0 Å². The highest BCUT2D eigenvalue weighted by atomic mass is 16.5. The van der Waals surface area contributed by atoms with Gasteiger partial charge in [-0.15, -0.1) is 0 Å². The van der Waals surface area contributed by atoms with Gasteiger partial charge in [-0.3, -0.25) is 0 Å². The minimum atomic E-state index is -0.176. The molecule has 1 aromatic rings. The molecule has 0 aliphatic carbocycles. The molecule has 0 saturated carbocycles. The lowest BCUT2D eigenvalue weighted by atomic mass is 10.4. The fraction of sp³-hybridized carbons (Fsp3) is 0.500. The maximum atomic E-state index is 11.0. The van der Waals surface area contributed by atoms with Crippen LogP contribution in [-0.4, -0.2) is 17.7 Å². The third-order valence-electron chi connectivity index (χ3n) is 1.46. The molecule has 0 aliphatic heterocycles. The molecule has 0 saturated heterocycles. The fourth-order valence-corrected chi connectivity index (χ4v) is 0.801. The summed E-state index contributed by atoms with van der Waals surface area (Å²) in [6, 6.07) is 1.53. The number of amides is 2. The molecule has 2 amide bonds. The van der Waals surface area contributed by atoms with Gasteiger partial charge in [-0.1, -0.05) is 12.1 Å². The van der Waals surface area contributed by atoms with Crippen molar-refractivity contribution in [3.8, 4) is 0 Å². The van der Waals surface area contributed by atoms with Gasteiger partial charge < -0.3 is 15.2 Å². The van der Waals surface area contributed by atoms with Crippen LogP contribution in [-0.2, 0) is 6.54 Å². The lowest BCUT2D eigenvalue weighted by molar-refractivity contribution is 0.240. The zero-order chi connectivity index (χ0) is 9.52. The van der Waals surface area contributed by atoms with Crippen LogP contribution in [0.4, 0.5) is 4.79 Å². The summed E-state index contributed by atoms with van der Waals surface area (Å²) in [4.78, 5) is 11.0. The molecular weight excluding hydrogens is 170 g/mol. The number of carbonyl (C=O) groups excluding carboxylic acids is 1. The summed E-state index contributed by atoms with van der Waals surface area (Å²) < 4.78 is 4.61. The van der Waals surface area contributed by atoms with Crippen LogP contribution in [0.1, 0.15) is 19.0 Å². The van der Waals surface area contributed by atoms with Crippen LogP contribution in [0.3, 0.4) is 0 Å². The number of urea groups is 1. The minimum Gasteiger partial charge on any atom is -0.364 e. The summed E-state index contributed by atoms with van der Waals surface area (Å²) in [6.45, 7) is 3.08. The molecule has 0 radical (unpaired) electrons. The van der Waals surface area contributed by atoms with Crippen molar-refractivity contribution in [1.82, 2.24) is 15.8 Å². The Morgan fingerprint density at radius 1 is 1.62 bits per heavy atom. The number of rotatable bonds is 4. The minimum absolute atomic E-state index is 0.176. The highest BCUT2D eigenvalue weighted by Crippen LogP contribution is 1.92. The van der Waals surface area contributed by atoms with Crippen molar-refractivity contribution in [2.45, 2.75) is 19.9 Å². The van der Waals surface area contributed by atoms with E-state index in [9.17, 15) is 4.79 Å². The Kier molecular flexibility index (Phi) is 3.81. The quantitative estimate of drug-likeness (QED) is 0.728. The van der Waals surface area contributed by atoms with Crippen molar-refractivity contribution in [1.29, 1.82) is 0 Å². The van der Waals surface area contributed by atoms with Gasteiger partial charge in [0.25, 0.3) is 0 Å². The van der Waals surface area contributed by atoms with E-state index in [-0.39, 0.29) is 6.03 Å². The fourth-order valence-electron chi connectivity index (χ4n) is 0.801. The molecule has 1 aromatic heterocycles. The summed E-state index contributed by atoms with van der Waals surface area (Å²) in [7, 11) is 0. The molecule has 0 bridgehead atoms. The van der Waals surface area contributed by atoms with E-state index in [1.165, 1.54) is 6.26 Å². The number of carbonyl (C=O) groups is 1. The molecule has 5 heteroatoms. The number of nitrogens with one attached hydrogen (secondary N) is 2. The molecule has 0 atom stereocenters. The standard InChI is InChI=1S/C8H13N3O2/c1-2-4-9-8(12)10-6-7-3-5-13-11-7/h3,5H,2,4,6H2,1H3,(H2,9,10,12). The highest BCUT2D eigenvalue weighted by Gasteiger charge is 2.00. The van der Waals surface area contributed by atoms with E-state index in [0.29, 0.717) is 18.8 Å². The van der Waals surface area contributed by atoms with Gasteiger partial charge >= 0.3 is 6.03 Å². The summed E-state index contributed by atoms with van der Waals surface area (Å²) >= 11 is 0. The number of aromatic nitrogens is 1. The van der Waals surface area contributed by atoms with Crippen LogP contribution >= 0.6 is 0 Å². The normalized spacial score (nSPS) is 9.62. The van der Waals surface area contributed by atoms with E-state index in [0.717, 1.165) is 6.42 Å². The SMILES string of the molecule is CCCNC(=O)NCc1ccon1. The van der Waals surface area contributed by atoms with E-state index in [2.05, 4.69) is 20.3 Å². The second kappa shape index (κ2) is 5.18. The second-order valence-corrected chi connectivity index (χ2v) is 2.60. The topological polar surface area (TPSA) is 67.2 Å². The number of nitrogens with zero attached hydrogens (tertiary/aromatic N) is 1. The lowest BCUT2D eigenvalue weighted by Gasteiger charge is -2.03. The first-order chi connectivity index (χ1) is 6.33. The van der Waals surface area contributed by atoms with Gasteiger partial charge in [0.05, 0.1) is 6.54 Å². The van der Waals surface area contributed by atoms with Gasteiger partial charge in [0.1, 0.15) is 12.0 Å². The molecular formula is C8H13N3O2. The van der Waals surface area contributed by atoms with E-state index < -0.39 is 0 Å². The summed E-state index contributed by atoms with van der Waals surface area (Å²) in [5.41, 5.74) is 0.714. The van der Waals surface area contributed by atoms with E-state index in [4.69, 9.17) is 0 Å². The first-order valence-electron chi connectivity index (χ1n) is 4.24. The molecule has 0 spiro atoms. The predicted octanol–water partition coefficient (Wildman–Crippen LogP) is 0.884. The van der Waals surface area contributed by atoms with Crippen LogP contribution < -0.4 is 10.6 Å². The predicted molar refractivity (Wildman–Crippen MR) is 47.0 cm³/mol. The number of hydrogen-bond donors (Lipinski definition) is 2. The van der Waals surface area contributed by atoms with Gasteiger partial charge in [-0.25, -0.2) is 4.79 Å². The molecule has 0 aromatic carbocycles. The Hall–Kier alpha value is -1.52. The smallest absolute Gasteiger partial charge is 0.315 e. The summed E-state index contributed by atoms with van der Waals surface area (Å²) in [5, 5.41) is 8.98. The Morgan fingerprint density at radius 3 is 3.08 bits per heavy atom. The Bertz CT molecular complexity index is 246. The average Bonchev–Trinajstić information content (AvgIpc) is 2.64. The first kappa shape index (κ1) is 9.57. The highest BCUT2D eigenvalue weighted by molar-refractivity contribution is 5.73. The van der Waals surface area contributed by atoms with Gasteiger partial charge in [0, 0.05) is 12.6 Å². The second-order valence-electron chi connectivity index (χ2n) is 2.60. The van der Waals surface area contributed by atoms with Crippen LogP contribution in [0, 0.1) is 0 Å². The van der Waals surface area contributed by atoms with Crippen LogP contribution in [0.15, 0.2) is 16.9 Å². The molecule has 13 heavy (non-hydrogen) atoms. The summed E-state index contributed by atoms with van der Waals surface area (Å²) in [5.74, 6) is 0. The van der Waals surface area contributed by atoms with E-state index >= 15 is 0 Å². The van der Waals surface area contributed by atoms with E-state index in [1.807, 2.05) is 6.92 Å². The maximum absolute atomic E-state index is 11.0. The monoisotopic (exact) mass is 183 g/mol. The van der Waals surface area contributed by atoms with Crippen LogP contribution in [0.2, 0.25) is 0 Å². The van der Waals surface area contributed by atoms with Gasteiger partial charge in [-0.05, 0) is 6.42 Å².